The molecule has 1 atom stereocenters. The minimum absolute atomic E-state index is 0.207. The molecule has 0 fully saturated rings. The molecule has 0 saturated heterocycles. The summed E-state index contributed by atoms with van der Waals surface area (Å²) in [5.74, 6) is 2.04. The van der Waals surface area contributed by atoms with Crippen molar-refractivity contribution < 1.29 is 4.42 Å². The van der Waals surface area contributed by atoms with E-state index in [2.05, 4.69) is 58.1 Å². The maximum absolute atomic E-state index is 5.82. The minimum Gasteiger partial charge on any atom is -0.466 e. The van der Waals surface area contributed by atoms with Crippen LogP contribution in [0.3, 0.4) is 0 Å². The molecule has 2 nitrogen and oxygen atoms in total. The maximum atomic E-state index is 5.82. The molecule has 1 aromatic heterocycles. The largest absolute Gasteiger partial charge is 0.466 e. The van der Waals surface area contributed by atoms with Gasteiger partial charge in [0.2, 0.25) is 0 Å². The first-order valence-electron chi connectivity index (χ1n) is 7.32. The number of hydrogen-bond acceptors (Lipinski definition) is 2. The first-order chi connectivity index (χ1) is 9.45. The quantitative estimate of drug-likeness (QED) is 0.884. The Morgan fingerprint density at radius 3 is 2.25 bits per heavy atom. The summed E-state index contributed by atoms with van der Waals surface area (Å²) in [4.78, 5) is 0. The van der Waals surface area contributed by atoms with Crippen LogP contribution in [0.5, 0.6) is 0 Å². The molecule has 1 aromatic carbocycles. The number of hydrogen-bond donors (Lipinski definition) is 1. The molecule has 0 aliphatic heterocycles. The first kappa shape index (κ1) is 14.9. The van der Waals surface area contributed by atoms with Crippen LogP contribution in [-0.2, 0) is 0 Å². The lowest BCUT2D eigenvalue weighted by atomic mass is 9.91. The van der Waals surface area contributed by atoms with Crippen molar-refractivity contribution >= 4 is 0 Å². The van der Waals surface area contributed by atoms with Crippen LogP contribution in [0.2, 0.25) is 0 Å². The number of rotatable bonds is 4. The zero-order valence-electron chi connectivity index (χ0n) is 13.4. The van der Waals surface area contributed by atoms with Crippen LogP contribution >= 0.6 is 0 Å². The van der Waals surface area contributed by atoms with Gasteiger partial charge in [-0.05, 0) is 57.9 Å². The third kappa shape index (κ3) is 2.66. The van der Waals surface area contributed by atoms with E-state index in [0.29, 0.717) is 0 Å². The highest BCUT2D eigenvalue weighted by atomic mass is 16.3. The second-order valence-corrected chi connectivity index (χ2v) is 5.60. The fourth-order valence-corrected chi connectivity index (χ4v) is 2.96. The number of nitrogens with one attached hydrogen (secondary N) is 1. The predicted octanol–water partition coefficient (Wildman–Crippen LogP) is 4.52. The summed E-state index contributed by atoms with van der Waals surface area (Å²) in [5, 5.41) is 3.61. The van der Waals surface area contributed by atoms with Crippen LogP contribution in [0.25, 0.3) is 0 Å². The van der Waals surface area contributed by atoms with Crippen molar-refractivity contribution in [2.45, 2.75) is 47.6 Å². The Balaban J connectivity index is 2.56. The molecular weight excluding hydrogens is 246 g/mol. The lowest BCUT2D eigenvalue weighted by Gasteiger charge is -2.21. The van der Waals surface area contributed by atoms with Crippen LogP contribution in [0, 0.1) is 34.6 Å². The number of aryl methyl sites for hydroxylation is 4. The lowest BCUT2D eigenvalue weighted by molar-refractivity contribution is 0.494. The van der Waals surface area contributed by atoms with Gasteiger partial charge in [0, 0.05) is 5.56 Å². The molecule has 1 heterocycles. The molecule has 0 aliphatic carbocycles. The van der Waals surface area contributed by atoms with Crippen molar-refractivity contribution in [3.8, 4) is 0 Å². The fourth-order valence-electron chi connectivity index (χ4n) is 2.96. The molecule has 0 spiro atoms. The normalized spacial score (nSPS) is 12.7. The summed E-state index contributed by atoms with van der Waals surface area (Å²) in [6.45, 7) is 13.6. The van der Waals surface area contributed by atoms with Gasteiger partial charge in [0.1, 0.15) is 11.5 Å². The van der Waals surface area contributed by atoms with Crippen molar-refractivity contribution in [3.63, 3.8) is 0 Å². The summed E-state index contributed by atoms with van der Waals surface area (Å²) >= 11 is 0. The Morgan fingerprint density at radius 1 is 1.05 bits per heavy atom. The van der Waals surface area contributed by atoms with E-state index in [1.54, 1.807) is 0 Å². The van der Waals surface area contributed by atoms with Crippen LogP contribution in [0.15, 0.2) is 22.6 Å². The average Bonchev–Trinajstić information content (AvgIpc) is 2.62. The van der Waals surface area contributed by atoms with Gasteiger partial charge in [-0.15, -0.1) is 0 Å². The van der Waals surface area contributed by atoms with Crippen molar-refractivity contribution in [2.24, 2.45) is 0 Å². The average molecular weight is 271 g/mol. The van der Waals surface area contributed by atoms with E-state index in [0.717, 1.165) is 18.1 Å². The van der Waals surface area contributed by atoms with Gasteiger partial charge < -0.3 is 9.73 Å². The molecule has 0 radical (unpaired) electrons. The van der Waals surface area contributed by atoms with Gasteiger partial charge in [-0.25, -0.2) is 0 Å². The van der Waals surface area contributed by atoms with E-state index in [4.69, 9.17) is 4.42 Å². The first-order valence-corrected chi connectivity index (χ1v) is 7.32. The van der Waals surface area contributed by atoms with E-state index < -0.39 is 0 Å². The van der Waals surface area contributed by atoms with Crippen molar-refractivity contribution in [1.82, 2.24) is 5.32 Å². The van der Waals surface area contributed by atoms with Gasteiger partial charge in [-0.1, -0.05) is 30.7 Å². The third-order valence-electron chi connectivity index (χ3n) is 4.05. The summed E-state index contributed by atoms with van der Waals surface area (Å²) < 4.78 is 5.82. The Morgan fingerprint density at radius 2 is 1.75 bits per heavy atom. The second-order valence-electron chi connectivity index (χ2n) is 5.60. The zero-order chi connectivity index (χ0) is 14.9. The molecule has 2 aromatic rings. The molecule has 108 valence electrons. The zero-order valence-corrected chi connectivity index (χ0v) is 13.4. The van der Waals surface area contributed by atoms with Crippen molar-refractivity contribution in [3.05, 3.63) is 57.5 Å². The van der Waals surface area contributed by atoms with Crippen LogP contribution in [0.4, 0.5) is 0 Å². The Hall–Kier alpha value is -1.54. The fraction of sp³-hybridized carbons (Fsp3) is 0.444. The van der Waals surface area contributed by atoms with Gasteiger partial charge >= 0.3 is 0 Å². The topological polar surface area (TPSA) is 25.2 Å². The summed E-state index contributed by atoms with van der Waals surface area (Å²) in [6, 6.07) is 6.87. The van der Waals surface area contributed by atoms with Gasteiger partial charge in [0.25, 0.3) is 0 Å². The monoisotopic (exact) mass is 271 g/mol. The molecule has 0 saturated carbocycles. The smallest absolute Gasteiger partial charge is 0.106 e. The van der Waals surface area contributed by atoms with E-state index >= 15 is 0 Å². The highest BCUT2D eigenvalue weighted by Crippen LogP contribution is 2.33. The summed E-state index contributed by atoms with van der Waals surface area (Å²) in [5.41, 5.74) is 6.51. The predicted molar refractivity (Wildman–Crippen MR) is 84.4 cm³/mol. The van der Waals surface area contributed by atoms with Crippen LogP contribution in [0.1, 0.15) is 52.3 Å². The Kier molecular flexibility index (Phi) is 4.34. The molecule has 1 N–H and O–H groups in total. The summed E-state index contributed by atoms with van der Waals surface area (Å²) in [7, 11) is 0. The molecule has 0 bridgehead atoms. The van der Waals surface area contributed by atoms with Crippen molar-refractivity contribution in [2.75, 3.05) is 6.54 Å². The minimum atomic E-state index is 0.207. The molecule has 1 unspecified atom stereocenters. The molecular formula is C18H25NO. The van der Waals surface area contributed by atoms with E-state index in [-0.39, 0.29) is 6.04 Å². The van der Waals surface area contributed by atoms with Crippen LogP contribution in [-0.4, -0.2) is 6.54 Å². The molecule has 0 amide bonds. The van der Waals surface area contributed by atoms with Gasteiger partial charge in [0.05, 0.1) is 6.04 Å². The standard InChI is InChI=1S/C18H25NO/c1-7-19-18(16-9-8-11(2)10-12(16)3)17-13(4)14(5)20-15(17)6/h8-10,18-19H,7H2,1-6H3. The molecule has 0 aliphatic rings. The van der Waals surface area contributed by atoms with Gasteiger partial charge in [-0.3, -0.25) is 0 Å². The molecule has 2 heteroatoms. The molecule has 20 heavy (non-hydrogen) atoms. The van der Waals surface area contributed by atoms with Gasteiger partial charge in [-0.2, -0.15) is 0 Å². The SMILES string of the molecule is CCNC(c1ccc(C)cc1C)c1c(C)oc(C)c1C. The highest BCUT2D eigenvalue weighted by Gasteiger charge is 2.23. The number of benzene rings is 1. The van der Waals surface area contributed by atoms with E-state index in [9.17, 15) is 0 Å². The number of furan rings is 1. The maximum Gasteiger partial charge on any atom is 0.106 e. The van der Waals surface area contributed by atoms with E-state index in [1.165, 1.54) is 27.8 Å². The van der Waals surface area contributed by atoms with Crippen LogP contribution < -0.4 is 5.32 Å². The third-order valence-corrected chi connectivity index (χ3v) is 4.05. The molecule has 2 rings (SSSR count). The van der Waals surface area contributed by atoms with Crippen molar-refractivity contribution in [1.29, 1.82) is 0 Å². The van der Waals surface area contributed by atoms with E-state index in [1.807, 2.05) is 6.92 Å². The Bertz CT molecular complexity index is 610. The Labute approximate surface area is 122 Å². The lowest BCUT2D eigenvalue weighted by Crippen LogP contribution is -2.23. The highest BCUT2D eigenvalue weighted by molar-refractivity contribution is 5.44. The van der Waals surface area contributed by atoms with Gasteiger partial charge in [0.15, 0.2) is 0 Å². The second kappa shape index (κ2) is 5.84. The summed E-state index contributed by atoms with van der Waals surface area (Å²) in [6.07, 6.45) is 0.